The van der Waals surface area contributed by atoms with Gasteiger partial charge in [0, 0.05) is 18.7 Å². The number of hydrogen-bond acceptors (Lipinski definition) is 5. The summed E-state index contributed by atoms with van der Waals surface area (Å²) in [6.45, 7) is 3.24. The second-order valence-electron chi connectivity index (χ2n) is 8.61. The number of rotatable bonds is 7. The molecule has 3 aromatic carbocycles. The number of fused-ring (bicyclic) bond motifs is 1. The van der Waals surface area contributed by atoms with Crippen LogP contribution >= 0.6 is 11.6 Å². The Balaban J connectivity index is 1.61. The molecule has 0 spiro atoms. The molecule has 1 amide bonds. The smallest absolute Gasteiger partial charge is 0.417 e. The van der Waals surface area contributed by atoms with Crippen molar-refractivity contribution in [2.75, 3.05) is 6.54 Å². The average molecular weight is 565 g/mol. The van der Waals surface area contributed by atoms with Gasteiger partial charge >= 0.3 is 6.18 Å². The first-order valence-corrected chi connectivity index (χ1v) is 13.3. The highest BCUT2D eigenvalue weighted by Gasteiger charge is 2.34. The second kappa shape index (κ2) is 10.3. The van der Waals surface area contributed by atoms with E-state index in [1.807, 2.05) is 6.92 Å². The fourth-order valence-electron chi connectivity index (χ4n) is 4.08. The first kappa shape index (κ1) is 27.5. The third-order valence-electron chi connectivity index (χ3n) is 6.05. The van der Waals surface area contributed by atoms with Crippen LogP contribution in [0.3, 0.4) is 0 Å². The van der Waals surface area contributed by atoms with E-state index in [1.165, 1.54) is 18.2 Å². The van der Waals surface area contributed by atoms with Gasteiger partial charge < -0.3 is 9.90 Å². The van der Waals surface area contributed by atoms with Crippen molar-refractivity contribution in [3.05, 3.63) is 88.2 Å². The number of carbonyl (C=O) groups is 1. The Morgan fingerprint density at radius 3 is 2.26 bits per heavy atom. The quantitative estimate of drug-likeness (QED) is 0.309. The lowest BCUT2D eigenvalue weighted by molar-refractivity contribution is -0.259. The van der Waals surface area contributed by atoms with Crippen molar-refractivity contribution in [2.45, 2.75) is 37.8 Å². The number of alkyl halides is 3. The van der Waals surface area contributed by atoms with Crippen molar-refractivity contribution >= 4 is 38.8 Å². The summed E-state index contributed by atoms with van der Waals surface area (Å²) < 4.78 is 67.6. The molecule has 0 aliphatic carbocycles. The molecule has 0 atom stereocenters. The first-order chi connectivity index (χ1) is 17.8. The van der Waals surface area contributed by atoms with E-state index in [4.69, 9.17) is 11.6 Å². The maximum atomic E-state index is 13.3. The van der Waals surface area contributed by atoms with Gasteiger partial charge in [0.15, 0.2) is 6.09 Å². The summed E-state index contributed by atoms with van der Waals surface area (Å²) in [5.41, 5.74) is 1.65. The topological polar surface area (TPSA) is 95.3 Å². The predicted molar refractivity (Wildman–Crippen MR) is 135 cm³/mol. The van der Waals surface area contributed by atoms with E-state index in [0.717, 1.165) is 11.6 Å². The summed E-state index contributed by atoms with van der Waals surface area (Å²) in [5.74, 6) is 0.524. The fraction of sp³-hybridized carbons (Fsp3) is 0.231. The fourth-order valence-corrected chi connectivity index (χ4v) is 5.61. The highest BCUT2D eigenvalue weighted by molar-refractivity contribution is 7.89. The third kappa shape index (κ3) is 5.34. The van der Waals surface area contributed by atoms with Crippen LogP contribution in [0.25, 0.3) is 16.7 Å². The highest BCUT2D eigenvalue weighted by Crippen LogP contribution is 2.38. The zero-order valence-electron chi connectivity index (χ0n) is 20.3. The maximum Gasteiger partial charge on any atom is 0.417 e. The molecular weight excluding hydrogens is 543 g/mol. The van der Waals surface area contributed by atoms with Gasteiger partial charge in [-0.1, -0.05) is 48.4 Å². The molecule has 0 unspecified atom stereocenters. The monoisotopic (exact) mass is 564 g/mol. The number of carbonyl (C=O) groups excluding carboxylic acids is 1. The Morgan fingerprint density at radius 2 is 1.71 bits per heavy atom. The molecule has 0 saturated heterocycles. The van der Waals surface area contributed by atoms with E-state index in [1.54, 1.807) is 47.9 Å². The molecule has 0 radical (unpaired) electrons. The van der Waals surface area contributed by atoms with Crippen LogP contribution < -0.4 is 5.11 Å². The van der Waals surface area contributed by atoms with Crippen LogP contribution in [0.2, 0.25) is 5.02 Å². The average Bonchev–Trinajstić information content (AvgIpc) is 3.21. The van der Waals surface area contributed by atoms with Crippen LogP contribution in [0.4, 0.5) is 18.0 Å². The standard InChI is InChI=1S/C26H23ClF3N3O4S/c1-3-24-31-22-14-20(26(28,29)30)21(27)15-23(22)33(24)18-8-6-17(7-9-18)12-13-32(25(34)35)38(36,37)19-10-4-16(2)5-11-19/h4-11,14-15H,3,12-13H2,1-2H3,(H,34,35)/p-1. The molecular formula is C26H22ClF3N3O4S-. The largest absolute Gasteiger partial charge is 0.529 e. The molecule has 7 nitrogen and oxygen atoms in total. The van der Waals surface area contributed by atoms with Crippen molar-refractivity contribution in [2.24, 2.45) is 0 Å². The summed E-state index contributed by atoms with van der Waals surface area (Å²) in [6, 6.07) is 14.7. The minimum atomic E-state index is -4.62. The number of carboxylic acid groups (broad SMARTS) is 1. The van der Waals surface area contributed by atoms with E-state index in [-0.39, 0.29) is 23.4 Å². The van der Waals surface area contributed by atoms with Gasteiger partial charge in [0.2, 0.25) is 0 Å². The molecule has 1 aromatic heterocycles. The second-order valence-corrected chi connectivity index (χ2v) is 10.9. The predicted octanol–water partition coefficient (Wildman–Crippen LogP) is 5.15. The first-order valence-electron chi connectivity index (χ1n) is 11.5. The number of nitrogens with zero attached hydrogens (tertiary/aromatic N) is 3. The molecule has 4 rings (SSSR count). The van der Waals surface area contributed by atoms with E-state index in [0.29, 0.717) is 33.3 Å². The van der Waals surface area contributed by atoms with Crippen LogP contribution in [0.15, 0.2) is 65.6 Å². The molecule has 0 aliphatic heterocycles. The van der Waals surface area contributed by atoms with E-state index in [2.05, 4.69) is 4.98 Å². The van der Waals surface area contributed by atoms with Crippen LogP contribution in [0.5, 0.6) is 0 Å². The Bertz CT molecular complexity index is 1600. The van der Waals surface area contributed by atoms with Crippen LogP contribution in [0, 0.1) is 6.92 Å². The molecule has 0 saturated carbocycles. The number of sulfonamides is 1. The lowest BCUT2D eigenvalue weighted by atomic mass is 10.1. The molecule has 0 fully saturated rings. The van der Waals surface area contributed by atoms with E-state index in [9.17, 15) is 31.5 Å². The molecule has 1 heterocycles. The number of imidazole rings is 1. The molecule has 0 N–H and O–H groups in total. The van der Waals surface area contributed by atoms with E-state index < -0.39 is 32.9 Å². The molecule has 38 heavy (non-hydrogen) atoms. The van der Waals surface area contributed by atoms with Gasteiger partial charge in [0.05, 0.1) is 26.5 Å². The number of aryl methyl sites for hydroxylation is 2. The highest BCUT2D eigenvalue weighted by atomic mass is 35.5. The van der Waals surface area contributed by atoms with Crippen LogP contribution in [0.1, 0.15) is 29.4 Å². The van der Waals surface area contributed by atoms with Gasteiger partial charge in [-0.2, -0.15) is 13.2 Å². The zero-order chi connectivity index (χ0) is 27.8. The summed E-state index contributed by atoms with van der Waals surface area (Å²) in [7, 11) is -4.32. The lowest BCUT2D eigenvalue weighted by Gasteiger charge is -2.24. The minimum Gasteiger partial charge on any atom is -0.529 e. The number of hydrogen-bond donors (Lipinski definition) is 0. The summed E-state index contributed by atoms with van der Waals surface area (Å²) >= 11 is 5.94. The SMILES string of the molecule is CCc1nc2cc(C(F)(F)F)c(Cl)cc2n1-c1ccc(CCN(C(=O)[O-])S(=O)(=O)c2ccc(C)cc2)cc1. The third-order valence-corrected chi connectivity index (χ3v) is 8.14. The van der Waals surface area contributed by atoms with Crippen LogP contribution in [-0.4, -0.2) is 34.9 Å². The van der Waals surface area contributed by atoms with Gasteiger partial charge in [-0.25, -0.2) is 13.4 Å². The van der Waals surface area contributed by atoms with Crippen molar-refractivity contribution in [1.82, 2.24) is 13.9 Å². The summed E-state index contributed by atoms with van der Waals surface area (Å²) in [4.78, 5) is 15.9. The molecule has 200 valence electrons. The Labute approximate surface area is 222 Å². The molecule has 0 bridgehead atoms. The Kier molecular flexibility index (Phi) is 7.44. The van der Waals surface area contributed by atoms with Gasteiger partial charge in [-0.3, -0.25) is 8.87 Å². The van der Waals surface area contributed by atoms with Crippen molar-refractivity contribution in [3.8, 4) is 5.69 Å². The molecule has 12 heteroatoms. The molecule has 4 aromatic rings. The zero-order valence-corrected chi connectivity index (χ0v) is 21.9. The van der Waals surface area contributed by atoms with Gasteiger partial charge in [-0.15, -0.1) is 0 Å². The Morgan fingerprint density at radius 1 is 1.08 bits per heavy atom. The van der Waals surface area contributed by atoms with Crippen molar-refractivity contribution in [1.29, 1.82) is 0 Å². The van der Waals surface area contributed by atoms with Crippen LogP contribution in [-0.2, 0) is 29.0 Å². The molecule has 0 aliphatic rings. The van der Waals surface area contributed by atoms with Gasteiger partial charge in [-0.05, 0) is 55.3 Å². The normalized spacial score (nSPS) is 12.2. The number of halogens is 4. The van der Waals surface area contributed by atoms with Crippen molar-refractivity contribution < 1.29 is 31.5 Å². The number of benzene rings is 3. The minimum absolute atomic E-state index is 0.0748. The number of amides is 1. The van der Waals surface area contributed by atoms with Crippen molar-refractivity contribution in [3.63, 3.8) is 0 Å². The van der Waals surface area contributed by atoms with Gasteiger partial charge in [0.1, 0.15) is 5.82 Å². The Hall–Kier alpha value is -3.57. The maximum absolute atomic E-state index is 13.3. The number of aromatic nitrogens is 2. The van der Waals surface area contributed by atoms with Gasteiger partial charge in [0.25, 0.3) is 10.0 Å². The van der Waals surface area contributed by atoms with E-state index >= 15 is 0 Å². The summed E-state index contributed by atoms with van der Waals surface area (Å²) in [6.07, 6.45) is -5.94. The summed E-state index contributed by atoms with van der Waals surface area (Å²) in [5, 5.41) is 11.2. The lowest BCUT2D eigenvalue weighted by Crippen LogP contribution is -2.45.